The zero-order valence-corrected chi connectivity index (χ0v) is 22.5. The van der Waals surface area contributed by atoms with Gasteiger partial charge in [0.25, 0.3) is 0 Å². The maximum Gasteiger partial charge on any atom is 0.171 e. The Kier molecular flexibility index (Phi) is 9.34. The van der Waals surface area contributed by atoms with Crippen molar-refractivity contribution in [1.82, 2.24) is 29.4 Å². The van der Waals surface area contributed by atoms with Gasteiger partial charge in [-0.3, -0.25) is 24.0 Å². The number of hydrogen-bond donors (Lipinski definition) is 2. The van der Waals surface area contributed by atoms with Gasteiger partial charge in [0.15, 0.2) is 5.78 Å². The van der Waals surface area contributed by atoms with Crippen LogP contribution < -0.4 is 0 Å². The molecule has 4 heterocycles. The Balaban J connectivity index is 1.27. The number of likely N-dealkylation sites (tertiary alicyclic amines) is 2. The van der Waals surface area contributed by atoms with Gasteiger partial charge < -0.3 is 10.2 Å². The molecule has 2 N–H and O–H groups in total. The summed E-state index contributed by atoms with van der Waals surface area (Å²) in [6.45, 7) is 4.37. The number of nitrogens with zero attached hydrogens (tertiary/aromatic N) is 6. The summed E-state index contributed by atoms with van der Waals surface area (Å²) in [5.41, 5.74) is 0. The lowest BCUT2D eigenvalue weighted by molar-refractivity contribution is -0.134. The van der Waals surface area contributed by atoms with E-state index in [-0.39, 0.29) is 19.0 Å². The van der Waals surface area contributed by atoms with E-state index in [2.05, 4.69) is 51.9 Å². The van der Waals surface area contributed by atoms with E-state index in [1.807, 2.05) is 21.8 Å². The molecular formula is C23H34Br2N6O3. The van der Waals surface area contributed by atoms with Gasteiger partial charge in [0.2, 0.25) is 0 Å². The predicted octanol–water partition coefficient (Wildman–Crippen LogP) is 2.02. The van der Waals surface area contributed by atoms with Crippen LogP contribution in [0.5, 0.6) is 0 Å². The molecule has 2 saturated heterocycles. The molecule has 34 heavy (non-hydrogen) atoms. The Hall–Kier alpha value is -1.11. The smallest absolute Gasteiger partial charge is 0.171 e. The first kappa shape index (κ1) is 26.0. The minimum absolute atomic E-state index is 0.0612. The van der Waals surface area contributed by atoms with Crippen molar-refractivity contribution in [3.05, 3.63) is 33.7 Å². The van der Waals surface area contributed by atoms with Crippen LogP contribution in [-0.4, -0.2) is 96.8 Å². The second-order valence-corrected chi connectivity index (χ2v) is 11.4. The maximum absolute atomic E-state index is 13.4. The van der Waals surface area contributed by atoms with Crippen LogP contribution in [-0.2, 0) is 17.9 Å². The molecule has 0 aliphatic carbocycles. The van der Waals surface area contributed by atoms with Gasteiger partial charge in [0.1, 0.15) is 0 Å². The van der Waals surface area contributed by atoms with Gasteiger partial charge in [-0.15, -0.1) is 0 Å². The standard InChI is InChI=1S/C23H34Br2N6O3/c24-19-9-26-30(13-19)11-17-1-5-28(6-2-17)21(15-32)23(34)22(16-33)29-7-3-18(4-8-29)12-31-14-20(25)10-27-31/h9-10,13-14,17-18,21-22,32-33H,1-8,11-12,15-16H2. The van der Waals surface area contributed by atoms with Crippen molar-refractivity contribution in [3.63, 3.8) is 0 Å². The summed E-state index contributed by atoms with van der Waals surface area (Å²) in [5, 5.41) is 28.9. The molecule has 0 spiro atoms. The number of aliphatic hydroxyl groups excluding tert-OH is 2. The van der Waals surface area contributed by atoms with E-state index < -0.39 is 12.1 Å². The second kappa shape index (κ2) is 12.2. The van der Waals surface area contributed by atoms with Gasteiger partial charge in [0.05, 0.1) is 46.6 Å². The molecule has 2 aromatic heterocycles. The summed E-state index contributed by atoms with van der Waals surface area (Å²) in [7, 11) is 0. The minimum atomic E-state index is -0.559. The Morgan fingerprint density at radius 3 is 1.50 bits per heavy atom. The topological polar surface area (TPSA) is 99.6 Å². The first-order chi connectivity index (χ1) is 16.5. The molecule has 0 radical (unpaired) electrons. The van der Waals surface area contributed by atoms with E-state index in [0.29, 0.717) is 11.8 Å². The van der Waals surface area contributed by atoms with Gasteiger partial charge in [-0.05, 0) is 95.6 Å². The predicted molar refractivity (Wildman–Crippen MR) is 135 cm³/mol. The van der Waals surface area contributed by atoms with Gasteiger partial charge in [0, 0.05) is 25.5 Å². The highest BCUT2D eigenvalue weighted by atomic mass is 79.9. The molecule has 2 aliphatic rings. The zero-order valence-electron chi connectivity index (χ0n) is 19.3. The van der Waals surface area contributed by atoms with E-state index in [0.717, 1.165) is 73.9 Å². The van der Waals surface area contributed by atoms with Crippen LogP contribution >= 0.6 is 31.9 Å². The van der Waals surface area contributed by atoms with Crippen molar-refractivity contribution >= 4 is 37.6 Å². The molecule has 0 amide bonds. The van der Waals surface area contributed by atoms with Gasteiger partial charge in [-0.2, -0.15) is 10.2 Å². The minimum Gasteiger partial charge on any atom is -0.394 e. The molecule has 2 aromatic rings. The molecule has 2 fully saturated rings. The highest BCUT2D eigenvalue weighted by molar-refractivity contribution is 9.10. The maximum atomic E-state index is 13.4. The fourth-order valence-corrected chi connectivity index (χ4v) is 5.95. The van der Waals surface area contributed by atoms with E-state index in [1.54, 1.807) is 12.4 Å². The lowest BCUT2D eigenvalue weighted by Gasteiger charge is -2.40. The van der Waals surface area contributed by atoms with E-state index in [4.69, 9.17) is 0 Å². The zero-order chi connectivity index (χ0) is 24.1. The number of halogens is 2. The molecule has 0 bridgehead atoms. The number of aromatic nitrogens is 4. The van der Waals surface area contributed by atoms with Crippen LogP contribution in [0.3, 0.4) is 0 Å². The molecule has 188 valence electrons. The molecule has 2 atom stereocenters. The van der Waals surface area contributed by atoms with Crippen molar-refractivity contribution in [2.45, 2.75) is 50.9 Å². The third-order valence-corrected chi connectivity index (χ3v) is 8.10. The largest absolute Gasteiger partial charge is 0.394 e. The Morgan fingerprint density at radius 2 is 1.21 bits per heavy atom. The van der Waals surface area contributed by atoms with Crippen LogP contribution in [0.4, 0.5) is 0 Å². The van der Waals surface area contributed by atoms with E-state index in [9.17, 15) is 15.0 Å². The van der Waals surface area contributed by atoms with Crippen molar-refractivity contribution in [2.75, 3.05) is 39.4 Å². The number of carbonyl (C=O) groups is 1. The van der Waals surface area contributed by atoms with Crippen LogP contribution in [0.25, 0.3) is 0 Å². The summed E-state index contributed by atoms with van der Waals surface area (Å²) < 4.78 is 5.86. The molecule has 2 aliphatic heterocycles. The monoisotopic (exact) mass is 600 g/mol. The quantitative estimate of drug-likeness (QED) is 0.430. The molecular weight excluding hydrogens is 568 g/mol. The number of ketones is 1. The second-order valence-electron chi connectivity index (χ2n) is 9.52. The average Bonchev–Trinajstić information content (AvgIpc) is 3.44. The molecule has 11 heteroatoms. The number of piperidine rings is 2. The molecule has 0 saturated carbocycles. The SMILES string of the molecule is O=C(C(CO)N1CCC(Cn2cc(Br)cn2)CC1)C(CO)N1CCC(Cn2cc(Br)cn2)CC1. The van der Waals surface area contributed by atoms with Crippen LogP contribution in [0.2, 0.25) is 0 Å². The Morgan fingerprint density at radius 1 is 0.824 bits per heavy atom. The molecule has 9 nitrogen and oxygen atoms in total. The van der Waals surface area contributed by atoms with Crippen LogP contribution in [0.1, 0.15) is 25.7 Å². The van der Waals surface area contributed by atoms with E-state index >= 15 is 0 Å². The third kappa shape index (κ3) is 6.55. The van der Waals surface area contributed by atoms with Gasteiger partial charge in [-0.1, -0.05) is 0 Å². The summed E-state index contributed by atoms with van der Waals surface area (Å²) in [6.07, 6.45) is 11.4. The number of Topliss-reactive ketones (excluding diaryl/α,β-unsaturated/α-hetero) is 1. The molecule has 4 rings (SSSR count). The van der Waals surface area contributed by atoms with Crippen molar-refractivity contribution < 1.29 is 15.0 Å². The van der Waals surface area contributed by atoms with Crippen LogP contribution in [0, 0.1) is 11.8 Å². The number of hydrogen-bond acceptors (Lipinski definition) is 7. The van der Waals surface area contributed by atoms with E-state index in [1.165, 1.54) is 0 Å². The number of carbonyl (C=O) groups excluding carboxylic acids is 1. The average molecular weight is 602 g/mol. The molecule has 0 aromatic carbocycles. The summed E-state index contributed by atoms with van der Waals surface area (Å²) >= 11 is 6.87. The molecule has 2 unspecified atom stereocenters. The third-order valence-electron chi connectivity index (χ3n) is 7.28. The van der Waals surface area contributed by atoms with Crippen molar-refractivity contribution in [1.29, 1.82) is 0 Å². The first-order valence-corrected chi connectivity index (χ1v) is 13.6. The Labute approximate surface area is 217 Å². The normalized spacial score (nSPS) is 21.1. The fourth-order valence-electron chi connectivity index (χ4n) is 5.29. The summed E-state index contributed by atoms with van der Waals surface area (Å²) in [6, 6.07) is -1.12. The van der Waals surface area contributed by atoms with Gasteiger partial charge >= 0.3 is 0 Å². The number of rotatable bonds is 10. The lowest BCUT2D eigenvalue weighted by atomic mass is 9.92. The summed E-state index contributed by atoms with van der Waals surface area (Å²) in [4.78, 5) is 17.6. The first-order valence-electron chi connectivity index (χ1n) is 12.1. The van der Waals surface area contributed by atoms with Crippen molar-refractivity contribution in [3.8, 4) is 0 Å². The van der Waals surface area contributed by atoms with Crippen LogP contribution in [0.15, 0.2) is 33.7 Å². The summed E-state index contributed by atoms with van der Waals surface area (Å²) in [5.74, 6) is 0.940. The van der Waals surface area contributed by atoms with Gasteiger partial charge in [-0.25, -0.2) is 0 Å². The Bertz CT molecular complexity index is 849. The van der Waals surface area contributed by atoms with Crippen molar-refractivity contribution in [2.24, 2.45) is 11.8 Å². The number of aliphatic hydroxyl groups is 2. The highest BCUT2D eigenvalue weighted by Gasteiger charge is 2.37. The fraction of sp³-hybridized carbons (Fsp3) is 0.696. The lowest BCUT2D eigenvalue weighted by Crippen LogP contribution is -2.57. The highest BCUT2D eigenvalue weighted by Crippen LogP contribution is 2.25.